The van der Waals surface area contributed by atoms with Crippen LogP contribution in [0.15, 0.2) is 6.33 Å². The first-order valence-electron chi connectivity index (χ1n) is 5.54. The van der Waals surface area contributed by atoms with Gasteiger partial charge in [0, 0.05) is 32.9 Å². The maximum atomic E-state index is 11.3. The van der Waals surface area contributed by atoms with Crippen molar-refractivity contribution in [2.45, 2.75) is 26.2 Å². The predicted octanol–water partition coefficient (Wildman–Crippen LogP) is -0.620. The summed E-state index contributed by atoms with van der Waals surface area (Å²) in [5, 5.41) is 11.8. The third kappa shape index (κ3) is 6.29. The minimum Gasteiger partial charge on any atom is -0.356 e. The molecule has 0 saturated heterocycles. The third-order valence-electron chi connectivity index (χ3n) is 2.10. The second-order valence-corrected chi connectivity index (χ2v) is 3.62. The smallest absolute Gasteiger partial charge is 0.221 e. The molecule has 0 aromatic carbocycles. The maximum absolute atomic E-state index is 11.3. The molecule has 1 heterocycles. The van der Waals surface area contributed by atoms with Crippen molar-refractivity contribution in [1.82, 2.24) is 25.8 Å². The van der Waals surface area contributed by atoms with Crippen LogP contribution in [0.4, 0.5) is 0 Å². The number of amides is 2. The van der Waals surface area contributed by atoms with Crippen LogP contribution in [0.25, 0.3) is 0 Å². The van der Waals surface area contributed by atoms with Gasteiger partial charge < -0.3 is 10.6 Å². The molecule has 0 radical (unpaired) electrons. The number of nitrogens with zero attached hydrogens (tertiary/aromatic N) is 2. The average Bonchev–Trinajstić information content (AvgIpc) is 2.76. The Morgan fingerprint density at radius 3 is 2.82 bits per heavy atom. The third-order valence-corrected chi connectivity index (χ3v) is 2.10. The summed E-state index contributed by atoms with van der Waals surface area (Å²) in [6.07, 6.45) is 3.33. The predicted molar refractivity (Wildman–Crippen MR) is 61.0 cm³/mol. The van der Waals surface area contributed by atoms with Crippen LogP contribution in [-0.4, -0.2) is 40.1 Å². The Labute approximate surface area is 99.4 Å². The zero-order chi connectivity index (χ0) is 12.5. The first kappa shape index (κ1) is 13.1. The highest BCUT2D eigenvalue weighted by Crippen LogP contribution is 1.91. The molecule has 0 saturated carbocycles. The summed E-state index contributed by atoms with van der Waals surface area (Å²) in [7, 11) is 0. The summed E-state index contributed by atoms with van der Waals surface area (Å²) in [6.45, 7) is 2.40. The Bertz CT molecular complexity index is 350. The second kappa shape index (κ2) is 7.37. The Morgan fingerprint density at radius 2 is 2.18 bits per heavy atom. The lowest BCUT2D eigenvalue weighted by atomic mass is 10.3. The van der Waals surface area contributed by atoms with Gasteiger partial charge in [-0.1, -0.05) is 0 Å². The lowest BCUT2D eigenvalue weighted by Gasteiger charge is -2.04. The molecule has 0 fully saturated rings. The van der Waals surface area contributed by atoms with Gasteiger partial charge in [-0.15, -0.1) is 0 Å². The van der Waals surface area contributed by atoms with Gasteiger partial charge in [0.2, 0.25) is 11.8 Å². The van der Waals surface area contributed by atoms with Crippen LogP contribution >= 0.6 is 0 Å². The van der Waals surface area contributed by atoms with Crippen molar-refractivity contribution in [1.29, 1.82) is 0 Å². The molecule has 0 aliphatic heterocycles. The standard InChI is InChI=1S/C10H17N5O2/c1-8(16)11-6-4-10(17)12-5-2-3-9-13-7-14-15-9/h7H,2-6H2,1H3,(H,11,16)(H,12,17)(H,13,14,15). The van der Waals surface area contributed by atoms with Gasteiger partial charge in [-0.25, -0.2) is 4.98 Å². The van der Waals surface area contributed by atoms with E-state index in [1.165, 1.54) is 13.3 Å². The van der Waals surface area contributed by atoms with Crippen LogP contribution in [-0.2, 0) is 16.0 Å². The summed E-state index contributed by atoms with van der Waals surface area (Å²) in [4.78, 5) is 25.8. The van der Waals surface area contributed by atoms with Gasteiger partial charge in [0.25, 0.3) is 0 Å². The van der Waals surface area contributed by atoms with Gasteiger partial charge >= 0.3 is 0 Å². The highest BCUT2D eigenvalue weighted by Gasteiger charge is 2.01. The van der Waals surface area contributed by atoms with E-state index in [0.29, 0.717) is 19.5 Å². The molecule has 7 heteroatoms. The van der Waals surface area contributed by atoms with E-state index in [0.717, 1.165) is 18.7 Å². The molecule has 7 nitrogen and oxygen atoms in total. The fourth-order valence-electron chi connectivity index (χ4n) is 1.28. The van der Waals surface area contributed by atoms with Crippen molar-refractivity contribution < 1.29 is 9.59 Å². The molecule has 0 aliphatic rings. The molecule has 2 amide bonds. The normalized spacial score (nSPS) is 9.94. The number of aryl methyl sites for hydroxylation is 1. The molecule has 1 aromatic heterocycles. The van der Waals surface area contributed by atoms with Crippen LogP contribution in [0.2, 0.25) is 0 Å². The van der Waals surface area contributed by atoms with Gasteiger partial charge in [-0.05, 0) is 6.42 Å². The average molecular weight is 239 g/mol. The number of rotatable bonds is 7. The van der Waals surface area contributed by atoms with E-state index in [2.05, 4.69) is 25.8 Å². The fourth-order valence-corrected chi connectivity index (χ4v) is 1.28. The number of hydrogen-bond donors (Lipinski definition) is 3. The molecule has 3 N–H and O–H groups in total. The molecule has 94 valence electrons. The van der Waals surface area contributed by atoms with Crippen molar-refractivity contribution in [3.8, 4) is 0 Å². The van der Waals surface area contributed by atoms with Gasteiger partial charge in [-0.2, -0.15) is 5.10 Å². The lowest BCUT2D eigenvalue weighted by Crippen LogP contribution is -2.30. The molecular formula is C10H17N5O2. The Kier molecular flexibility index (Phi) is 5.70. The molecule has 0 bridgehead atoms. The summed E-state index contributed by atoms with van der Waals surface area (Å²) in [5.74, 6) is 0.636. The van der Waals surface area contributed by atoms with E-state index in [1.807, 2.05) is 0 Å². The van der Waals surface area contributed by atoms with E-state index >= 15 is 0 Å². The van der Waals surface area contributed by atoms with Gasteiger partial charge in [0.1, 0.15) is 12.2 Å². The molecule has 17 heavy (non-hydrogen) atoms. The van der Waals surface area contributed by atoms with Gasteiger partial charge in [0.05, 0.1) is 0 Å². The van der Waals surface area contributed by atoms with E-state index in [9.17, 15) is 9.59 Å². The number of carbonyl (C=O) groups excluding carboxylic acids is 2. The van der Waals surface area contributed by atoms with Crippen molar-refractivity contribution in [2.24, 2.45) is 0 Å². The van der Waals surface area contributed by atoms with Crippen LogP contribution in [0.1, 0.15) is 25.6 Å². The summed E-state index contributed by atoms with van der Waals surface area (Å²) in [6, 6.07) is 0. The molecule has 1 aromatic rings. The lowest BCUT2D eigenvalue weighted by molar-refractivity contribution is -0.121. The number of nitrogens with one attached hydrogen (secondary N) is 3. The number of aromatic nitrogens is 3. The van der Waals surface area contributed by atoms with E-state index in [-0.39, 0.29) is 11.8 Å². The molecule has 1 rings (SSSR count). The molecule has 0 unspecified atom stereocenters. The zero-order valence-electron chi connectivity index (χ0n) is 9.82. The quantitative estimate of drug-likeness (QED) is 0.552. The van der Waals surface area contributed by atoms with Crippen LogP contribution in [0.3, 0.4) is 0 Å². The summed E-state index contributed by atoms with van der Waals surface area (Å²) in [5.41, 5.74) is 0. The summed E-state index contributed by atoms with van der Waals surface area (Å²) < 4.78 is 0. The highest BCUT2D eigenvalue weighted by molar-refractivity contribution is 5.77. The van der Waals surface area contributed by atoms with E-state index in [4.69, 9.17) is 0 Å². The van der Waals surface area contributed by atoms with Crippen molar-refractivity contribution in [3.63, 3.8) is 0 Å². The van der Waals surface area contributed by atoms with Crippen LogP contribution in [0.5, 0.6) is 0 Å². The van der Waals surface area contributed by atoms with E-state index < -0.39 is 0 Å². The zero-order valence-corrected chi connectivity index (χ0v) is 9.82. The molecule has 0 atom stereocenters. The van der Waals surface area contributed by atoms with E-state index in [1.54, 1.807) is 0 Å². The number of hydrogen-bond acceptors (Lipinski definition) is 4. The SMILES string of the molecule is CC(=O)NCCC(=O)NCCCc1ncn[nH]1. The number of H-pyrrole nitrogens is 1. The Morgan fingerprint density at radius 1 is 1.35 bits per heavy atom. The monoisotopic (exact) mass is 239 g/mol. The Balaban J connectivity index is 1.98. The first-order valence-corrected chi connectivity index (χ1v) is 5.54. The molecule has 0 aliphatic carbocycles. The van der Waals surface area contributed by atoms with Crippen molar-refractivity contribution in [2.75, 3.05) is 13.1 Å². The van der Waals surface area contributed by atoms with Gasteiger partial charge in [-0.3, -0.25) is 14.7 Å². The summed E-state index contributed by atoms with van der Waals surface area (Å²) >= 11 is 0. The number of carbonyl (C=O) groups is 2. The Hall–Kier alpha value is -1.92. The van der Waals surface area contributed by atoms with Crippen molar-refractivity contribution in [3.05, 3.63) is 12.2 Å². The molecular weight excluding hydrogens is 222 g/mol. The maximum Gasteiger partial charge on any atom is 0.221 e. The topological polar surface area (TPSA) is 99.8 Å². The minimum atomic E-state index is -0.122. The van der Waals surface area contributed by atoms with Crippen molar-refractivity contribution >= 4 is 11.8 Å². The minimum absolute atomic E-state index is 0.0590. The van der Waals surface area contributed by atoms with Crippen LogP contribution < -0.4 is 10.6 Å². The fraction of sp³-hybridized carbons (Fsp3) is 0.600. The first-order chi connectivity index (χ1) is 8.18. The largest absolute Gasteiger partial charge is 0.356 e. The number of aromatic amines is 1. The molecule has 0 spiro atoms. The van der Waals surface area contributed by atoms with Crippen LogP contribution in [0, 0.1) is 0 Å². The van der Waals surface area contributed by atoms with Gasteiger partial charge in [0.15, 0.2) is 0 Å². The highest BCUT2D eigenvalue weighted by atomic mass is 16.2. The second-order valence-electron chi connectivity index (χ2n) is 3.62.